The summed E-state index contributed by atoms with van der Waals surface area (Å²) in [6.07, 6.45) is 0.894. The molecule has 98 valence electrons. The van der Waals surface area contributed by atoms with Crippen LogP contribution in [-0.2, 0) is 4.74 Å². The molecule has 7 nitrogen and oxygen atoms in total. The number of nitrogens with zero attached hydrogens (tertiary/aromatic N) is 5. The highest BCUT2D eigenvalue weighted by molar-refractivity contribution is 5.88. The molecule has 0 aliphatic rings. The predicted octanol–water partition coefficient (Wildman–Crippen LogP) is 3.76. The summed E-state index contributed by atoms with van der Waals surface area (Å²) in [5.74, 6) is 0. The van der Waals surface area contributed by atoms with E-state index in [1.807, 2.05) is 0 Å². The van der Waals surface area contributed by atoms with Gasteiger partial charge in [0.25, 0.3) is 0 Å². The van der Waals surface area contributed by atoms with E-state index < -0.39 is 11.7 Å². The summed E-state index contributed by atoms with van der Waals surface area (Å²) < 4.78 is 6.59. The minimum atomic E-state index is -0.571. The van der Waals surface area contributed by atoms with Gasteiger partial charge in [-0.05, 0) is 38.4 Å². The van der Waals surface area contributed by atoms with E-state index in [2.05, 4.69) is 15.0 Å². The Hall–Kier alpha value is -2.53. The Bertz CT molecular complexity index is 677. The van der Waals surface area contributed by atoms with Crippen molar-refractivity contribution in [3.63, 3.8) is 0 Å². The zero-order chi connectivity index (χ0) is 14.0. The second-order valence-electron chi connectivity index (χ2n) is 4.96. The molecular formula is C12H13N5O2. The molecular weight excluding hydrogens is 246 g/mol. The predicted molar refractivity (Wildman–Crippen MR) is 70.2 cm³/mol. The SMILES string of the molecule is CC(C)(C)OC(=O)n1cnc2cc(N=[N+]=[N-])ccc21. The molecule has 19 heavy (non-hydrogen) atoms. The van der Waals surface area contributed by atoms with E-state index in [0.717, 1.165) is 0 Å². The van der Waals surface area contributed by atoms with E-state index >= 15 is 0 Å². The topological polar surface area (TPSA) is 92.9 Å². The third-order valence-corrected chi connectivity index (χ3v) is 2.28. The molecule has 0 saturated heterocycles. The van der Waals surface area contributed by atoms with Crippen LogP contribution in [0.5, 0.6) is 0 Å². The molecule has 0 spiro atoms. The number of carbonyl (C=O) groups is 1. The highest BCUT2D eigenvalue weighted by Gasteiger charge is 2.19. The van der Waals surface area contributed by atoms with Gasteiger partial charge >= 0.3 is 6.09 Å². The largest absolute Gasteiger partial charge is 0.443 e. The van der Waals surface area contributed by atoms with E-state index in [4.69, 9.17) is 10.3 Å². The molecule has 0 N–H and O–H groups in total. The molecule has 0 aliphatic carbocycles. The average Bonchev–Trinajstić information content (AvgIpc) is 2.70. The van der Waals surface area contributed by atoms with Gasteiger partial charge in [-0.15, -0.1) is 0 Å². The number of azide groups is 1. The zero-order valence-corrected chi connectivity index (χ0v) is 10.9. The number of imidazole rings is 1. The van der Waals surface area contributed by atoms with Crippen LogP contribution in [0, 0.1) is 0 Å². The zero-order valence-electron chi connectivity index (χ0n) is 10.9. The van der Waals surface area contributed by atoms with Gasteiger partial charge in [-0.3, -0.25) is 0 Å². The fourth-order valence-corrected chi connectivity index (χ4v) is 1.57. The van der Waals surface area contributed by atoms with E-state index in [0.29, 0.717) is 16.7 Å². The lowest BCUT2D eigenvalue weighted by atomic mass is 10.2. The van der Waals surface area contributed by atoms with Crippen molar-refractivity contribution < 1.29 is 9.53 Å². The molecule has 0 saturated carbocycles. The lowest BCUT2D eigenvalue weighted by Gasteiger charge is -2.19. The van der Waals surface area contributed by atoms with Crippen LogP contribution in [0.25, 0.3) is 21.5 Å². The van der Waals surface area contributed by atoms with E-state index in [9.17, 15) is 4.79 Å². The third kappa shape index (κ3) is 2.83. The Labute approximate surface area is 109 Å². The lowest BCUT2D eigenvalue weighted by molar-refractivity contribution is 0.0543. The first-order chi connectivity index (χ1) is 8.90. The van der Waals surface area contributed by atoms with Gasteiger partial charge in [0.05, 0.1) is 11.0 Å². The maximum absolute atomic E-state index is 12.0. The van der Waals surface area contributed by atoms with Crippen LogP contribution in [0.4, 0.5) is 10.5 Å². The minimum Gasteiger partial charge on any atom is -0.443 e. The molecule has 0 aliphatic heterocycles. The fraction of sp³-hybridized carbons (Fsp3) is 0.333. The van der Waals surface area contributed by atoms with Gasteiger partial charge in [-0.25, -0.2) is 14.3 Å². The van der Waals surface area contributed by atoms with Crippen LogP contribution in [0.15, 0.2) is 29.6 Å². The third-order valence-electron chi connectivity index (χ3n) is 2.28. The monoisotopic (exact) mass is 259 g/mol. The summed E-state index contributed by atoms with van der Waals surface area (Å²) in [6.45, 7) is 5.39. The fourth-order valence-electron chi connectivity index (χ4n) is 1.57. The van der Waals surface area contributed by atoms with Gasteiger partial charge < -0.3 is 4.74 Å². The van der Waals surface area contributed by atoms with Crippen molar-refractivity contribution in [1.29, 1.82) is 0 Å². The van der Waals surface area contributed by atoms with Gasteiger partial charge in [0.2, 0.25) is 0 Å². The summed E-state index contributed by atoms with van der Waals surface area (Å²) in [4.78, 5) is 18.8. The van der Waals surface area contributed by atoms with Crippen molar-refractivity contribution in [2.75, 3.05) is 0 Å². The number of fused-ring (bicyclic) bond motifs is 1. The first-order valence-corrected chi connectivity index (χ1v) is 5.66. The Morgan fingerprint density at radius 3 is 2.84 bits per heavy atom. The summed E-state index contributed by atoms with van der Waals surface area (Å²) in [6, 6.07) is 4.89. The van der Waals surface area contributed by atoms with Crippen molar-refractivity contribution in [3.05, 3.63) is 35.0 Å². The number of benzene rings is 1. The molecule has 0 fully saturated rings. The van der Waals surface area contributed by atoms with Crippen LogP contribution in [0.2, 0.25) is 0 Å². The summed E-state index contributed by atoms with van der Waals surface area (Å²) in [5, 5.41) is 3.49. The molecule has 1 aromatic carbocycles. The summed E-state index contributed by atoms with van der Waals surface area (Å²) >= 11 is 0. The molecule has 0 radical (unpaired) electrons. The Kier molecular flexibility index (Phi) is 3.14. The molecule has 7 heteroatoms. The van der Waals surface area contributed by atoms with Gasteiger partial charge in [-0.1, -0.05) is 11.2 Å². The van der Waals surface area contributed by atoms with E-state index in [1.54, 1.807) is 39.0 Å². The number of hydrogen-bond donors (Lipinski definition) is 0. The van der Waals surface area contributed by atoms with Crippen molar-refractivity contribution in [2.45, 2.75) is 26.4 Å². The smallest absolute Gasteiger partial charge is 0.420 e. The van der Waals surface area contributed by atoms with Gasteiger partial charge in [0, 0.05) is 10.6 Å². The first kappa shape index (κ1) is 12.9. The quantitative estimate of drug-likeness (QED) is 0.443. The standard InChI is InChI=1S/C12H13N5O2/c1-12(2,3)19-11(18)17-7-14-9-6-8(15-16-13)4-5-10(9)17/h4-7H,1-3H3. The molecule has 1 aromatic heterocycles. The van der Waals surface area contributed by atoms with Gasteiger partial charge in [-0.2, -0.15) is 0 Å². The number of carbonyl (C=O) groups excluding carboxylic acids is 1. The molecule has 0 bridgehead atoms. The van der Waals surface area contributed by atoms with E-state index in [-0.39, 0.29) is 0 Å². The molecule has 0 amide bonds. The van der Waals surface area contributed by atoms with Crippen LogP contribution < -0.4 is 0 Å². The number of hydrogen-bond acceptors (Lipinski definition) is 4. The van der Waals surface area contributed by atoms with E-state index in [1.165, 1.54) is 10.9 Å². The van der Waals surface area contributed by atoms with Crippen LogP contribution in [0.1, 0.15) is 20.8 Å². The number of ether oxygens (including phenoxy) is 1. The lowest BCUT2D eigenvalue weighted by Crippen LogP contribution is -2.26. The highest BCUT2D eigenvalue weighted by Crippen LogP contribution is 2.21. The number of rotatable bonds is 1. The van der Waals surface area contributed by atoms with Crippen molar-refractivity contribution >= 4 is 22.8 Å². The maximum atomic E-state index is 12.0. The van der Waals surface area contributed by atoms with Crippen LogP contribution in [-0.4, -0.2) is 21.2 Å². The molecule has 0 atom stereocenters. The van der Waals surface area contributed by atoms with Crippen LogP contribution in [0.3, 0.4) is 0 Å². The van der Waals surface area contributed by atoms with Crippen molar-refractivity contribution in [1.82, 2.24) is 9.55 Å². The normalized spacial score (nSPS) is 11.1. The summed E-state index contributed by atoms with van der Waals surface area (Å²) in [5.41, 5.74) is 9.42. The molecule has 2 aromatic rings. The second kappa shape index (κ2) is 4.62. The minimum absolute atomic E-state index is 0.449. The molecule has 0 unspecified atom stereocenters. The Balaban J connectivity index is 2.41. The van der Waals surface area contributed by atoms with Crippen molar-refractivity contribution in [3.8, 4) is 0 Å². The maximum Gasteiger partial charge on any atom is 0.420 e. The first-order valence-electron chi connectivity index (χ1n) is 5.66. The Morgan fingerprint density at radius 2 is 2.21 bits per heavy atom. The average molecular weight is 259 g/mol. The van der Waals surface area contributed by atoms with Gasteiger partial charge in [0.15, 0.2) is 0 Å². The molecule has 2 rings (SSSR count). The summed E-state index contributed by atoms with van der Waals surface area (Å²) in [7, 11) is 0. The van der Waals surface area contributed by atoms with Crippen molar-refractivity contribution in [2.24, 2.45) is 5.11 Å². The Morgan fingerprint density at radius 1 is 1.47 bits per heavy atom. The highest BCUT2D eigenvalue weighted by atomic mass is 16.6. The number of aromatic nitrogens is 2. The van der Waals surface area contributed by atoms with Crippen LogP contribution >= 0.6 is 0 Å². The molecule has 1 heterocycles. The van der Waals surface area contributed by atoms with Gasteiger partial charge in [0.1, 0.15) is 11.9 Å². The second-order valence-corrected chi connectivity index (χ2v) is 4.96.